The van der Waals surface area contributed by atoms with Gasteiger partial charge in [0.1, 0.15) is 17.3 Å². The van der Waals surface area contributed by atoms with Gasteiger partial charge >= 0.3 is 0 Å². The van der Waals surface area contributed by atoms with Crippen molar-refractivity contribution in [3.63, 3.8) is 0 Å². The van der Waals surface area contributed by atoms with Crippen LogP contribution in [0.3, 0.4) is 0 Å². The number of furan rings is 1. The lowest BCUT2D eigenvalue weighted by Gasteiger charge is -2.08. The maximum absolute atomic E-state index is 11.9. The van der Waals surface area contributed by atoms with Gasteiger partial charge in [-0.05, 0) is 54.6 Å². The van der Waals surface area contributed by atoms with E-state index < -0.39 is 0 Å². The highest BCUT2D eigenvalue weighted by Gasteiger charge is 2.09. The second-order valence-corrected chi connectivity index (χ2v) is 6.69. The van der Waals surface area contributed by atoms with E-state index in [1.807, 2.05) is 18.2 Å². The number of carbonyl (C=O) groups is 1. The minimum atomic E-state index is -0.291. The van der Waals surface area contributed by atoms with Gasteiger partial charge in [0, 0.05) is 15.6 Å². The molecule has 0 fully saturated rings. The Kier molecular flexibility index (Phi) is 6.09. The highest BCUT2D eigenvalue weighted by molar-refractivity contribution is 6.35. The molecule has 0 radical (unpaired) electrons. The molecule has 0 saturated carbocycles. The summed E-state index contributed by atoms with van der Waals surface area (Å²) in [4.78, 5) is 11.9. The Balaban J connectivity index is 1.51. The minimum Gasteiger partial charge on any atom is -0.482 e. The van der Waals surface area contributed by atoms with Crippen molar-refractivity contribution in [3.05, 3.63) is 75.4 Å². The van der Waals surface area contributed by atoms with Crippen molar-refractivity contribution in [2.75, 3.05) is 6.61 Å². The Labute approximate surface area is 165 Å². The van der Waals surface area contributed by atoms with Crippen LogP contribution in [-0.2, 0) is 11.3 Å². The van der Waals surface area contributed by atoms with Gasteiger partial charge in [-0.25, -0.2) is 0 Å². The van der Waals surface area contributed by atoms with Crippen LogP contribution >= 0.6 is 34.8 Å². The first kappa shape index (κ1) is 18.6. The van der Waals surface area contributed by atoms with Crippen molar-refractivity contribution in [1.82, 2.24) is 5.32 Å². The fraction of sp³-hybridized carbons (Fsp3) is 0.105. The smallest absolute Gasteiger partial charge is 0.258 e. The molecule has 2 aromatic carbocycles. The summed E-state index contributed by atoms with van der Waals surface area (Å²) in [7, 11) is 0. The predicted octanol–water partition coefficient (Wildman–Crippen LogP) is 5.60. The molecule has 0 spiro atoms. The molecule has 0 unspecified atom stereocenters. The van der Waals surface area contributed by atoms with Gasteiger partial charge in [-0.3, -0.25) is 4.79 Å². The molecule has 3 rings (SSSR count). The molecular weight excluding hydrogens is 397 g/mol. The van der Waals surface area contributed by atoms with Crippen molar-refractivity contribution in [1.29, 1.82) is 0 Å². The van der Waals surface area contributed by atoms with Crippen LogP contribution in [-0.4, -0.2) is 12.5 Å². The lowest BCUT2D eigenvalue weighted by atomic mass is 10.2. The van der Waals surface area contributed by atoms with Crippen LogP contribution in [0.1, 0.15) is 5.76 Å². The summed E-state index contributed by atoms with van der Waals surface area (Å²) in [5, 5.41) is 4.24. The first-order chi connectivity index (χ1) is 12.5. The van der Waals surface area contributed by atoms with Gasteiger partial charge in [-0.2, -0.15) is 0 Å². The van der Waals surface area contributed by atoms with Crippen LogP contribution in [0.15, 0.2) is 59.0 Å². The van der Waals surface area contributed by atoms with E-state index in [2.05, 4.69) is 5.32 Å². The Bertz CT molecular complexity index is 907. The van der Waals surface area contributed by atoms with Crippen molar-refractivity contribution in [2.24, 2.45) is 0 Å². The number of amides is 1. The predicted molar refractivity (Wildman–Crippen MR) is 103 cm³/mol. The normalized spacial score (nSPS) is 10.6. The monoisotopic (exact) mass is 409 g/mol. The molecule has 134 valence electrons. The average molecular weight is 411 g/mol. The molecule has 0 aliphatic heterocycles. The lowest BCUT2D eigenvalue weighted by Crippen LogP contribution is -2.28. The van der Waals surface area contributed by atoms with Crippen LogP contribution in [0.4, 0.5) is 0 Å². The second kappa shape index (κ2) is 8.49. The number of hydrogen-bond acceptors (Lipinski definition) is 3. The van der Waals surface area contributed by atoms with Crippen LogP contribution in [0.5, 0.6) is 5.75 Å². The molecule has 0 bridgehead atoms. The van der Waals surface area contributed by atoms with Gasteiger partial charge in [-0.15, -0.1) is 0 Å². The van der Waals surface area contributed by atoms with Crippen molar-refractivity contribution in [2.45, 2.75) is 6.54 Å². The summed E-state index contributed by atoms with van der Waals surface area (Å²) in [6.07, 6.45) is 0. The van der Waals surface area contributed by atoms with Gasteiger partial charge in [0.2, 0.25) is 0 Å². The molecule has 1 aromatic heterocycles. The third-order valence-electron chi connectivity index (χ3n) is 3.50. The zero-order valence-electron chi connectivity index (χ0n) is 13.5. The van der Waals surface area contributed by atoms with Crippen molar-refractivity contribution >= 4 is 40.7 Å². The van der Waals surface area contributed by atoms with Gasteiger partial charge in [0.05, 0.1) is 11.6 Å². The van der Waals surface area contributed by atoms with Gasteiger partial charge in [-0.1, -0.05) is 34.8 Å². The first-order valence-corrected chi connectivity index (χ1v) is 8.84. The van der Waals surface area contributed by atoms with Gasteiger partial charge in [0.15, 0.2) is 6.61 Å². The maximum atomic E-state index is 11.9. The van der Waals surface area contributed by atoms with E-state index in [1.165, 1.54) is 0 Å². The first-order valence-electron chi connectivity index (χ1n) is 7.70. The zero-order chi connectivity index (χ0) is 18.5. The van der Waals surface area contributed by atoms with E-state index >= 15 is 0 Å². The maximum Gasteiger partial charge on any atom is 0.258 e. The number of benzene rings is 2. The molecule has 1 N–H and O–H groups in total. The molecule has 0 saturated heterocycles. The molecular formula is C19H14Cl3NO3. The van der Waals surface area contributed by atoms with E-state index in [4.69, 9.17) is 44.0 Å². The van der Waals surface area contributed by atoms with Crippen LogP contribution in [0.2, 0.25) is 15.1 Å². The van der Waals surface area contributed by atoms with Crippen molar-refractivity contribution < 1.29 is 13.9 Å². The molecule has 1 amide bonds. The van der Waals surface area contributed by atoms with Crippen LogP contribution in [0, 0.1) is 0 Å². The molecule has 3 aromatic rings. The molecule has 0 atom stereocenters. The summed E-state index contributed by atoms with van der Waals surface area (Å²) in [6.45, 7) is 0.0935. The Hall–Kier alpha value is -2.14. The number of ether oxygens (including phenoxy) is 1. The Morgan fingerprint density at radius 3 is 2.42 bits per heavy atom. The number of halogens is 3. The number of rotatable bonds is 6. The standard InChI is InChI=1S/C19H14Cl3NO3/c20-13-3-1-12(2-4-13)17-8-6-15(26-17)10-23-19(24)11-25-18-7-5-14(21)9-16(18)22/h1-9H,10-11H2,(H,23,24). The average Bonchev–Trinajstić information content (AvgIpc) is 3.09. The van der Waals surface area contributed by atoms with E-state index in [-0.39, 0.29) is 19.1 Å². The second-order valence-electron chi connectivity index (χ2n) is 5.41. The summed E-state index contributed by atoms with van der Waals surface area (Å²) < 4.78 is 11.1. The Morgan fingerprint density at radius 2 is 1.69 bits per heavy atom. The summed E-state index contributed by atoms with van der Waals surface area (Å²) in [5.41, 5.74) is 0.910. The van der Waals surface area contributed by atoms with Crippen LogP contribution < -0.4 is 10.1 Å². The summed E-state index contributed by atoms with van der Waals surface area (Å²) in [5.74, 6) is 1.44. The SMILES string of the molecule is O=C(COc1ccc(Cl)cc1Cl)NCc1ccc(-c2ccc(Cl)cc2)o1. The highest BCUT2D eigenvalue weighted by Crippen LogP contribution is 2.27. The molecule has 26 heavy (non-hydrogen) atoms. The van der Waals surface area contributed by atoms with E-state index in [0.717, 1.165) is 5.56 Å². The minimum absolute atomic E-state index is 0.161. The van der Waals surface area contributed by atoms with Crippen LogP contribution in [0.25, 0.3) is 11.3 Å². The summed E-state index contributed by atoms with van der Waals surface area (Å²) in [6, 6.07) is 15.8. The van der Waals surface area contributed by atoms with E-state index in [9.17, 15) is 4.79 Å². The fourth-order valence-electron chi connectivity index (χ4n) is 2.21. The molecule has 4 nitrogen and oxygen atoms in total. The third kappa shape index (κ3) is 4.94. The van der Waals surface area contributed by atoms with Gasteiger partial charge in [0.25, 0.3) is 5.91 Å². The third-order valence-corrected chi connectivity index (χ3v) is 4.29. The number of nitrogens with one attached hydrogen (secondary N) is 1. The zero-order valence-corrected chi connectivity index (χ0v) is 15.7. The Morgan fingerprint density at radius 1 is 0.962 bits per heavy atom. The fourth-order valence-corrected chi connectivity index (χ4v) is 2.80. The lowest BCUT2D eigenvalue weighted by molar-refractivity contribution is -0.123. The molecule has 1 heterocycles. The highest BCUT2D eigenvalue weighted by atomic mass is 35.5. The van der Waals surface area contributed by atoms with E-state index in [1.54, 1.807) is 36.4 Å². The largest absolute Gasteiger partial charge is 0.482 e. The van der Waals surface area contributed by atoms with Crippen molar-refractivity contribution in [3.8, 4) is 17.1 Å². The molecule has 0 aliphatic rings. The topological polar surface area (TPSA) is 51.5 Å². The van der Waals surface area contributed by atoms with Gasteiger partial charge < -0.3 is 14.5 Å². The quantitative estimate of drug-likeness (QED) is 0.575. The molecule has 7 heteroatoms. The summed E-state index contributed by atoms with van der Waals surface area (Å²) >= 11 is 17.7. The van der Waals surface area contributed by atoms with E-state index in [0.29, 0.717) is 32.3 Å². The molecule has 0 aliphatic carbocycles. The number of hydrogen-bond donors (Lipinski definition) is 1. The number of carbonyl (C=O) groups excluding carboxylic acids is 1.